The van der Waals surface area contributed by atoms with Gasteiger partial charge < -0.3 is 9.64 Å². The van der Waals surface area contributed by atoms with E-state index >= 15 is 0 Å². The quantitative estimate of drug-likeness (QED) is 0.767. The largest absolute Gasteiger partial charge is 0.480 e. The highest BCUT2D eigenvalue weighted by Crippen LogP contribution is 2.21. The van der Waals surface area contributed by atoms with Crippen LogP contribution in [0.1, 0.15) is 0 Å². The van der Waals surface area contributed by atoms with Crippen molar-refractivity contribution in [3.05, 3.63) is 12.4 Å². The van der Waals surface area contributed by atoms with Crippen LogP contribution < -0.4 is 9.64 Å². The van der Waals surface area contributed by atoms with Gasteiger partial charge in [-0.05, 0) is 0 Å². The van der Waals surface area contributed by atoms with E-state index < -0.39 is 12.7 Å². The van der Waals surface area contributed by atoms with Gasteiger partial charge in [0.25, 0.3) is 0 Å². The zero-order valence-corrected chi connectivity index (χ0v) is 9.79. The third kappa shape index (κ3) is 4.64. The lowest BCUT2D eigenvalue weighted by atomic mass is 10.4. The molecule has 1 aromatic rings. The van der Waals surface area contributed by atoms with Gasteiger partial charge in [0.15, 0.2) is 5.82 Å². The van der Waals surface area contributed by atoms with E-state index in [9.17, 15) is 13.2 Å². The van der Waals surface area contributed by atoms with Crippen molar-refractivity contribution in [2.24, 2.45) is 0 Å². The highest BCUT2D eigenvalue weighted by molar-refractivity contribution is 6.18. The second kappa shape index (κ2) is 5.90. The summed E-state index contributed by atoms with van der Waals surface area (Å²) in [6.45, 7) is -1.09. The fourth-order valence-corrected chi connectivity index (χ4v) is 1.39. The first kappa shape index (κ1) is 13.8. The minimum Gasteiger partial charge on any atom is -0.480 e. The summed E-state index contributed by atoms with van der Waals surface area (Å²) in [5, 5.41) is 0. The van der Waals surface area contributed by atoms with Crippen LogP contribution in [0.15, 0.2) is 12.4 Å². The summed E-state index contributed by atoms with van der Waals surface area (Å²) >= 11 is 5.46. The zero-order valence-electron chi connectivity index (χ0n) is 9.04. The number of methoxy groups -OCH3 is 1. The van der Waals surface area contributed by atoms with E-state index in [0.29, 0.717) is 0 Å². The summed E-state index contributed by atoms with van der Waals surface area (Å²) < 4.78 is 41.8. The summed E-state index contributed by atoms with van der Waals surface area (Å²) in [6.07, 6.45) is -1.77. The third-order valence-electron chi connectivity index (χ3n) is 1.86. The van der Waals surface area contributed by atoms with Gasteiger partial charge in [0, 0.05) is 12.4 Å². The molecule has 0 N–H and O–H groups in total. The monoisotopic (exact) mass is 269 g/mol. The summed E-state index contributed by atoms with van der Waals surface area (Å²) in [4.78, 5) is 8.63. The number of alkyl halides is 4. The molecule has 1 aromatic heterocycles. The molecule has 17 heavy (non-hydrogen) atoms. The summed E-state index contributed by atoms with van der Waals surface area (Å²) in [5.41, 5.74) is 0. The topological polar surface area (TPSA) is 38.2 Å². The highest BCUT2D eigenvalue weighted by Gasteiger charge is 2.31. The summed E-state index contributed by atoms with van der Waals surface area (Å²) in [6, 6.07) is 0. The van der Waals surface area contributed by atoms with Crippen LogP contribution in [0.3, 0.4) is 0 Å². The normalized spacial score (nSPS) is 11.4. The Labute approximate surface area is 101 Å². The molecule has 8 heteroatoms. The first-order valence-electron chi connectivity index (χ1n) is 4.70. The molecule has 96 valence electrons. The van der Waals surface area contributed by atoms with Gasteiger partial charge in [-0.2, -0.15) is 18.2 Å². The minimum atomic E-state index is -4.32. The van der Waals surface area contributed by atoms with Gasteiger partial charge in [0.05, 0.1) is 19.5 Å². The molecule has 0 saturated carbocycles. The van der Waals surface area contributed by atoms with Crippen molar-refractivity contribution in [2.75, 3.05) is 31.0 Å². The molecule has 0 aliphatic rings. The van der Waals surface area contributed by atoms with E-state index in [-0.39, 0.29) is 24.1 Å². The van der Waals surface area contributed by atoms with Crippen molar-refractivity contribution >= 4 is 17.4 Å². The highest BCUT2D eigenvalue weighted by atomic mass is 35.5. The van der Waals surface area contributed by atoms with Gasteiger partial charge in [-0.1, -0.05) is 0 Å². The first-order chi connectivity index (χ1) is 7.96. The summed E-state index contributed by atoms with van der Waals surface area (Å²) in [7, 11) is 1.36. The molecule has 4 nitrogen and oxygen atoms in total. The Bertz CT molecular complexity index is 362. The molecule has 0 bridgehead atoms. The maximum Gasteiger partial charge on any atom is 0.405 e. The third-order valence-corrected chi connectivity index (χ3v) is 2.03. The Kier molecular flexibility index (Phi) is 4.80. The Morgan fingerprint density at radius 3 is 2.65 bits per heavy atom. The number of anilines is 1. The van der Waals surface area contributed by atoms with Crippen LogP contribution in [0.25, 0.3) is 0 Å². The van der Waals surface area contributed by atoms with E-state index in [1.807, 2.05) is 0 Å². The fraction of sp³-hybridized carbons (Fsp3) is 0.556. The Morgan fingerprint density at radius 2 is 2.12 bits per heavy atom. The fourth-order valence-electron chi connectivity index (χ4n) is 1.18. The van der Waals surface area contributed by atoms with Gasteiger partial charge in [-0.3, -0.25) is 4.98 Å². The van der Waals surface area contributed by atoms with Crippen LogP contribution >= 0.6 is 11.6 Å². The van der Waals surface area contributed by atoms with Crippen LogP contribution in [0.5, 0.6) is 5.88 Å². The molecule has 0 radical (unpaired) electrons. The first-order valence-corrected chi connectivity index (χ1v) is 5.23. The summed E-state index contributed by atoms with van der Waals surface area (Å²) in [5.74, 6) is 0.307. The molecule has 0 fully saturated rings. The molecule has 0 spiro atoms. The van der Waals surface area contributed by atoms with Crippen molar-refractivity contribution in [1.29, 1.82) is 0 Å². The Hall–Kier alpha value is -1.24. The molecule has 1 heterocycles. The van der Waals surface area contributed by atoms with Gasteiger partial charge in [0.1, 0.15) is 6.54 Å². The van der Waals surface area contributed by atoms with Gasteiger partial charge in [-0.15, -0.1) is 11.6 Å². The van der Waals surface area contributed by atoms with Crippen molar-refractivity contribution in [3.8, 4) is 5.88 Å². The number of rotatable bonds is 5. The number of aromatic nitrogens is 2. The van der Waals surface area contributed by atoms with Gasteiger partial charge in [-0.25, -0.2) is 0 Å². The Morgan fingerprint density at radius 1 is 1.41 bits per heavy atom. The number of hydrogen-bond donors (Lipinski definition) is 0. The van der Waals surface area contributed by atoms with Crippen LogP contribution in [-0.2, 0) is 0 Å². The van der Waals surface area contributed by atoms with E-state index in [0.717, 1.165) is 4.90 Å². The molecule has 0 amide bonds. The maximum absolute atomic E-state index is 12.3. The standard InChI is InChI=1S/C9H11ClF3N3O/c1-17-8-5-14-4-7(15-8)16(3-2-10)6-9(11,12)13/h4-5H,2-3,6H2,1H3. The molecule has 0 unspecified atom stereocenters. The van der Waals surface area contributed by atoms with E-state index in [1.54, 1.807) is 0 Å². The van der Waals surface area contributed by atoms with Crippen molar-refractivity contribution in [2.45, 2.75) is 6.18 Å². The average Bonchev–Trinajstić information content (AvgIpc) is 2.27. The molecule has 0 aliphatic carbocycles. The molecular weight excluding hydrogens is 259 g/mol. The van der Waals surface area contributed by atoms with Gasteiger partial charge in [0.2, 0.25) is 5.88 Å². The van der Waals surface area contributed by atoms with Crippen molar-refractivity contribution < 1.29 is 17.9 Å². The number of nitrogens with zero attached hydrogens (tertiary/aromatic N) is 3. The lowest BCUT2D eigenvalue weighted by molar-refractivity contribution is -0.119. The lowest BCUT2D eigenvalue weighted by Gasteiger charge is -2.23. The second-order valence-corrected chi connectivity index (χ2v) is 3.52. The van der Waals surface area contributed by atoms with Gasteiger partial charge >= 0.3 is 6.18 Å². The van der Waals surface area contributed by atoms with E-state index in [1.165, 1.54) is 19.5 Å². The molecule has 0 atom stereocenters. The molecule has 0 aromatic carbocycles. The average molecular weight is 270 g/mol. The van der Waals surface area contributed by atoms with Crippen LogP contribution in [0.2, 0.25) is 0 Å². The number of hydrogen-bond acceptors (Lipinski definition) is 4. The smallest absolute Gasteiger partial charge is 0.405 e. The maximum atomic E-state index is 12.3. The SMILES string of the molecule is COc1cncc(N(CCCl)CC(F)(F)F)n1. The predicted molar refractivity (Wildman–Crippen MR) is 57.6 cm³/mol. The molecular formula is C9H11ClF3N3O. The lowest BCUT2D eigenvalue weighted by Crippen LogP contribution is -2.36. The van der Waals surface area contributed by atoms with Crippen molar-refractivity contribution in [1.82, 2.24) is 9.97 Å². The second-order valence-electron chi connectivity index (χ2n) is 3.15. The minimum absolute atomic E-state index is 0.0307. The molecule has 0 aliphatic heterocycles. The van der Waals surface area contributed by atoms with Crippen LogP contribution in [0, 0.1) is 0 Å². The molecule has 0 saturated heterocycles. The zero-order chi connectivity index (χ0) is 12.9. The van der Waals surface area contributed by atoms with Crippen molar-refractivity contribution in [3.63, 3.8) is 0 Å². The number of halogens is 4. The number of ether oxygens (including phenoxy) is 1. The van der Waals surface area contributed by atoms with E-state index in [2.05, 4.69) is 9.97 Å². The Balaban J connectivity index is 2.88. The molecule has 1 rings (SSSR count). The van der Waals surface area contributed by atoms with Crippen LogP contribution in [-0.4, -0.2) is 42.2 Å². The predicted octanol–water partition coefficient (Wildman–Crippen LogP) is 2.09. The van der Waals surface area contributed by atoms with E-state index in [4.69, 9.17) is 16.3 Å². The van der Waals surface area contributed by atoms with Crippen LogP contribution in [0.4, 0.5) is 19.0 Å².